The first-order valence-corrected chi connectivity index (χ1v) is 13.2. The third-order valence-electron chi connectivity index (χ3n) is 6.33. The van der Waals surface area contributed by atoms with Crippen molar-refractivity contribution in [1.82, 2.24) is 0 Å². The highest BCUT2D eigenvalue weighted by Crippen LogP contribution is 2.24. The van der Waals surface area contributed by atoms with Crippen molar-refractivity contribution in [2.24, 2.45) is 61.8 Å². The van der Waals surface area contributed by atoms with Crippen LogP contribution in [0, 0.1) is 5.92 Å². The zero-order valence-electron chi connectivity index (χ0n) is 22.2. The van der Waals surface area contributed by atoms with Crippen molar-refractivity contribution in [3.05, 3.63) is 0 Å². The van der Waals surface area contributed by atoms with Crippen LogP contribution in [-0.2, 0) is 9.59 Å². The third-order valence-corrected chi connectivity index (χ3v) is 6.33. The lowest BCUT2D eigenvalue weighted by Gasteiger charge is -2.35. The molecule has 0 radical (unpaired) electrons. The lowest BCUT2D eigenvalue weighted by molar-refractivity contribution is -0.135. The average molecular weight is 513 g/mol. The van der Waals surface area contributed by atoms with Gasteiger partial charge in [0, 0.05) is 13.1 Å². The normalized spacial score (nSPS) is 14.0. The molecule has 12 nitrogen and oxygen atoms in total. The molecule has 1 unspecified atom stereocenters. The highest BCUT2D eigenvalue weighted by molar-refractivity contribution is 5.99. The Labute approximate surface area is 216 Å². The molecule has 0 aliphatic rings. The first kappa shape index (κ1) is 33.7. The van der Waals surface area contributed by atoms with E-state index in [1.807, 2.05) is 0 Å². The Morgan fingerprint density at radius 1 is 0.667 bits per heavy atom. The van der Waals surface area contributed by atoms with Crippen molar-refractivity contribution in [2.45, 2.75) is 108 Å². The van der Waals surface area contributed by atoms with Crippen molar-refractivity contribution < 1.29 is 9.59 Å². The van der Waals surface area contributed by atoms with Crippen LogP contribution >= 0.6 is 0 Å². The van der Waals surface area contributed by atoms with Crippen molar-refractivity contribution in [3.8, 4) is 0 Å². The lowest BCUT2D eigenvalue weighted by Crippen LogP contribution is -2.68. The molecule has 0 aliphatic carbocycles. The minimum atomic E-state index is -1.93. The van der Waals surface area contributed by atoms with Gasteiger partial charge in [0.15, 0.2) is 23.5 Å². The number of guanidine groups is 2. The van der Waals surface area contributed by atoms with E-state index in [0.29, 0.717) is 45.2 Å². The van der Waals surface area contributed by atoms with E-state index in [1.54, 1.807) is 0 Å². The second kappa shape index (κ2) is 18.9. The molecule has 0 saturated carbocycles. The Morgan fingerprint density at radius 3 is 1.58 bits per heavy atom. The topological polar surface area (TPSA) is 267 Å². The van der Waals surface area contributed by atoms with E-state index in [2.05, 4.69) is 16.9 Å². The zero-order chi connectivity index (χ0) is 27.6. The van der Waals surface area contributed by atoms with Gasteiger partial charge >= 0.3 is 0 Å². The number of unbranched alkanes of at least 4 members (excludes halogenated alkanes) is 7. The number of rotatable bonds is 22. The molecule has 0 amide bonds. The summed E-state index contributed by atoms with van der Waals surface area (Å²) in [6.45, 7) is 2.86. The standard InChI is InChI=1S/C24H52N10O2/c1-2-3-4-5-6-7-8-9-12-17(20(35)18(25)13-10-15-33-22(27)28)24(31,32)21(36)19(26)14-11-16-34-23(29)30/h17-19H,2-16,25-26,31-32H2,1H3,(H4,27,28,33)(H4,29,30,34)/t17?,18-,19-/m0/s1. The number of nitrogens with two attached hydrogens (primary N) is 8. The molecular weight excluding hydrogens is 460 g/mol. The summed E-state index contributed by atoms with van der Waals surface area (Å²) in [5, 5.41) is 0. The number of aliphatic imine (C=N–C) groups is 2. The monoisotopic (exact) mass is 512 g/mol. The summed E-state index contributed by atoms with van der Waals surface area (Å²) in [7, 11) is 0. The first-order chi connectivity index (χ1) is 16.9. The number of carbonyl (C=O) groups is 2. The fourth-order valence-corrected chi connectivity index (χ4v) is 4.16. The SMILES string of the molecule is CCCCCCCCCCC(C(=O)[C@@H](N)CCCN=C(N)N)C(N)(N)C(=O)[C@@H](N)CCCN=C(N)N. The summed E-state index contributed by atoms with van der Waals surface area (Å²) in [4.78, 5) is 34.2. The quantitative estimate of drug-likeness (QED) is 0.0404. The van der Waals surface area contributed by atoms with Crippen molar-refractivity contribution in [2.75, 3.05) is 13.1 Å². The maximum atomic E-state index is 13.3. The van der Waals surface area contributed by atoms with Gasteiger partial charge in [0.25, 0.3) is 0 Å². The van der Waals surface area contributed by atoms with Gasteiger partial charge in [0.05, 0.1) is 18.0 Å². The van der Waals surface area contributed by atoms with Gasteiger partial charge in [-0.2, -0.15) is 0 Å². The molecule has 0 aromatic heterocycles. The highest BCUT2D eigenvalue weighted by Gasteiger charge is 2.45. The van der Waals surface area contributed by atoms with Crippen molar-refractivity contribution >= 4 is 23.5 Å². The van der Waals surface area contributed by atoms with Gasteiger partial charge in [0.1, 0.15) is 5.66 Å². The summed E-state index contributed by atoms with van der Waals surface area (Å²) in [6, 6.07) is -1.78. The number of hydrogen-bond acceptors (Lipinski definition) is 8. The molecule has 0 aromatic rings. The van der Waals surface area contributed by atoms with E-state index >= 15 is 0 Å². The molecule has 0 fully saturated rings. The summed E-state index contributed by atoms with van der Waals surface area (Å²) < 4.78 is 0. The van der Waals surface area contributed by atoms with Gasteiger partial charge in [0.2, 0.25) is 0 Å². The largest absolute Gasteiger partial charge is 0.370 e. The van der Waals surface area contributed by atoms with Gasteiger partial charge in [-0.15, -0.1) is 0 Å². The van der Waals surface area contributed by atoms with Crippen molar-refractivity contribution in [1.29, 1.82) is 0 Å². The Bertz CT molecular complexity index is 688. The molecule has 3 atom stereocenters. The van der Waals surface area contributed by atoms with Gasteiger partial charge in [-0.25, -0.2) is 0 Å². The van der Waals surface area contributed by atoms with Crippen LogP contribution in [0.15, 0.2) is 9.98 Å². The number of Topliss-reactive ketones (excluding diaryl/α,β-unsaturated/α-hetero) is 2. The number of hydrogen-bond donors (Lipinski definition) is 8. The summed E-state index contributed by atoms with van der Waals surface area (Å²) in [5.41, 5.74) is 44.3. The van der Waals surface area contributed by atoms with Crippen LogP contribution in [0.5, 0.6) is 0 Å². The molecule has 12 heteroatoms. The second-order valence-corrected chi connectivity index (χ2v) is 9.63. The molecule has 0 saturated heterocycles. The van der Waals surface area contributed by atoms with Crippen LogP contribution in [0.25, 0.3) is 0 Å². The summed E-state index contributed by atoms with van der Waals surface area (Å²) >= 11 is 0. The molecule has 0 spiro atoms. The fraction of sp³-hybridized carbons (Fsp3) is 0.833. The smallest absolute Gasteiger partial charge is 0.185 e. The highest BCUT2D eigenvalue weighted by atomic mass is 16.1. The average Bonchev–Trinajstić information content (AvgIpc) is 2.81. The van der Waals surface area contributed by atoms with E-state index in [9.17, 15) is 9.59 Å². The molecule has 0 aliphatic heterocycles. The fourth-order valence-electron chi connectivity index (χ4n) is 4.16. The molecule has 210 valence electrons. The Hall–Kier alpha value is -2.28. The van der Waals surface area contributed by atoms with Gasteiger partial charge in [-0.1, -0.05) is 58.3 Å². The molecule has 0 bridgehead atoms. The van der Waals surface area contributed by atoms with Crippen LogP contribution < -0.4 is 45.9 Å². The van der Waals surface area contributed by atoms with Crippen LogP contribution in [0.2, 0.25) is 0 Å². The Kier molecular flexibility index (Phi) is 17.7. The molecule has 0 rings (SSSR count). The summed E-state index contributed by atoms with van der Waals surface area (Å²) in [5.74, 6) is -1.91. The maximum absolute atomic E-state index is 13.3. The summed E-state index contributed by atoms with van der Waals surface area (Å²) in [6.07, 6.45) is 10.7. The minimum Gasteiger partial charge on any atom is -0.370 e. The van der Waals surface area contributed by atoms with E-state index < -0.39 is 29.4 Å². The second-order valence-electron chi connectivity index (χ2n) is 9.63. The van der Waals surface area contributed by atoms with Crippen LogP contribution in [-0.4, -0.2) is 54.3 Å². The van der Waals surface area contributed by atoms with Gasteiger partial charge in [-0.05, 0) is 32.1 Å². The van der Waals surface area contributed by atoms with Crippen LogP contribution in [0.4, 0.5) is 0 Å². The third kappa shape index (κ3) is 14.3. The molecule has 0 heterocycles. The lowest BCUT2D eigenvalue weighted by atomic mass is 9.77. The number of ketones is 2. The van der Waals surface area contributed by atoms with Crippen LogP contribution in [0.3, 0.4) is 0 Å². The van der Waals surface area contributed by atoms with Gasteiger partial charge < -0.3 is 45.9 Å². The maximum Gasteiger partial charge on any atom is 0.185 e. The number of carbonyl (C=O) groups excluding carboxylic acids is 2. The Balaban J connectivity index is 5.19. The first-order valence-electron chi connectivity index (χ1n) is 13.2. The van der Waals surface area contributed by atoms with E-state index in [1.165, 1.54) is 25.7 Å². The molecular formula is C24H52N10O2. The van der Waals surface area contributed by atoms with Gasteiger partial charge in [-0.3, -0.25) is 19.6 Å². The van der Waals surface area contributed by atoms with Crippen LogP contribution in [0.1, 0.15) is 90.4 Å². The van der Waals surface area contributed by atoms with E-state index in [4.69, 9.17) is 45.9 Å². The predicted octanol–water partition coefficient (Wildman–Crippen LogP) is -0.353. The molecule has 36 heavy (non-hydrogen) atoms. The molecule has 0 aromatic carbocycles. The molecule has 16 N–H and O–H groups in total. The van der Waals surface area contributed by atoms with E-state index in [-0.39, 0.29) is 24.1 Å². The Morgan fingerprint density at radius 2 is 1.11 bits per heavy atom. The number of nitrogens with zero attached hydrogens (tertiary/aromatic N) is 2. The van der Waals surface area contributed by atoms with E-state index in [0.717, 1.165) is 19.3 Å². The minimum absolute atomic E-state index is 0.0233. The van der Waals surface area contributed by atoms with Crippen molar-refractivity contribution in [3.63, 3.8) is 0 Å². The zero-order valence-corrected chi connectivity index (χ0v) is 22.2. The predicted molar refractivity (Wildman–Crippen MR) is 148 cm³/mol.